The quantitative estimate of drug-likeness (QED) is 0.727. The Morgan fingerprint density at radius 1 is 1.15 bits per heavy atom. The van der Waals surface area contributed by atoms with Crippen molar-refractivity contribution in [3.63, 3.8) is 0 Å². The Hall–Kier alpha value is -1.92. The molecule has 2 unspecified atom stereocenters. The van der Waals surface area contributed by atoms with Crippen LogP contribution in [0.4, 0.5) is 8.78 Å². The average Bonchev–Trinajstić information content (AvgIpc) is 2.60. The van der Waals surface area contributed by atoms with E-state index in [9.17, 15) is 18.7 Å². The van der Waals surface area contributed by atoms with Crippen LogP contribution in [0.25, 0.3) is 0 Å². The maximum atomic E-state index is 13.7. The second-order valence-corrected chi connectivity index (χ2v) is 7.52. The summed E-state index contributed by atoms with van der Waals surface area (Å²) in [7, 11) is 0. The molecule has 0 saturated carbocycles. The Balaban J connectivity index is 1.92. The Labute approximate surface area is 156 Å². The smallest absolute Gasteiger partial charge is 0.233 e. The van der Waals surface area contributed by atoms with Gasteiger partial charge in [0.1, 0.15) is 11.6 Å². The van der Waals surface area contributed by atoms with E-state index in [4.69, 9.17) is 0 Å². The Kier molecular flexibility index (Phi) is 7.60. The monoisotopic (exact) mass is 379 g/mol. The normalized spacial score (nSPS) is 13.5. The van der Waals surface area contributed by atoms with Gasteiger partial charge in [-0.25, -0.2) is 8.78 Å². The van der Waals surface area contributed by atoms with Crippen molar-refractivity contribution in [3.05, 3.63) is 71.3 Å². The molecule has 2 atom stereocenters. The summed E-state index contributed by atoms with van der Waals surface area (Å²) in [5, 5.41) is 12.5. The van der Waals surface area contributed by atoms with E-state index in [1.807, 2.05) is 44.2 Å². The molecule has 0 saturated heterocycles. The highest BCUT2D eigenvalue weighted by Gasteiger charge is 2.24. The van der Waals surface area contributed by atoms with Gasteiger partial charge in [0.2, 0.25) is 5.91 Å². The Morgan fingerprint density at radius 3 is 2.46 bits per heavy atom. The first-order valence-electron chi connectivity index (χ1n) is 8.44. The molecule has 0 aliphatic rings. The zero-order chi connectivity index (χ0) is 19.1. The fourth-order valence-electron chi connectivity index (χ4n) is 2.51. The van der Waals surface area contributed by atoms with Gasteiger partial charge in [-0.1, -0.05) is 50.2 Å². The molecule has 2 aromatic rings. The first kappa shape index (κ1) is 20.4. The number of aliphatic hydroxyl groups is 1. The van der Waals surface area contributed by atoms with Crippen LogP contribution in [0.3, 0.4) is 0 Å². The standard InChI is InChI=1S/C20H23F2NO2S/c1-13(2)19(26-12-14-6-4-3-5-7-14)20(25)23-11-18(24)16-9-8-15(21)10-17(16)22/h3-10,13,18-19,24H,11-12H2,1-2H3,(H,23,25). The van der Waals surface area contributed by atoms with E-state index in [1.54, 1.807) is 0 Å². The van der Waals surface area contributed by atoms with Crippen LogP contribution in [0.15, 0.2) is 48.5 Å². The van der Waals surface area contributed by atoms with Crippen molar-refractivity contribution in [2.24, 2.45) is 5.92 Å². The second kappa shape index (κ2) is 9.69. The SMILES string of the molecule is CC(C)C(SCc1ccccc1)C(=O)NCC(O)c1ccc(F)cc1F. The van der Waals surface area contributed by atoms with Crippen molar-refractivity contribution >= 4 is 17.7 Å². The number of carbonyl (C=O) groups is 1. The molecule has 0 heterocycles. The predicted molar refractivity (Wildman–Crippen MR) is 101 cm³/mol. The molecule has 2 N–H and O–H groups in total. The summed E-state index contributed by atoms with van der Waals surface area (Å²) < 4.78 is 26.7. The van der Waals surface area contributed by atoms with Gasteiger partial charge in [0.15, 0.2) is 0 Å². The third kappa shape index (κ3) is 5.81. The summed E-state index contributed by atoms with van der Waals surface area (Å²) in [6, 6.07) is 12.8. The number of rotatable bonds is 8. The predicted octanol–water partition coefficient (Wildman–Crippen LogP) is 4.07. The number of hydrogen-bond acceptors (Lipinski definition) is 3. The zero-order valence-electron chi connectivity index (χ0n) is 14.8. The van der Waals surface area contributed by atoms with Gasteiger partial charge in [-0.05, 0) is 17.5 Å². The van der Waals surface area contributed by atoms with Crippen molar-refractivity contribution in [3.8, 4) is 0 Å². The minimum absolute atomic E-state index is 0.0373. The number of halogens is 2. The van der Waals surface area contributed by atoms with Crippen LogP contribution in [-0.4, -0.2) is 22.8 Å². The number of carbonyl (C=O) groups excluding carboxylic acids is 1. The Bertz CT molecular complexity index is 725. The summed E-state index contributed by atoms with van der Waals surface area (Å²) in [5.41, 5.74) is 1.09. The van der Waals surface area contributed by atoms with Crippen LogP contribution in [0.2, 0.25) is 0 Å². The molecule has 3 nitrogen and oxygen atoms in total. The highest BCUT2D eigenvalue weighted by Crippen LogP contribution is 2.24. The molecule has 0 fully saturated rings. The average molecular weight is 379 g/mol. The summed E-state index contributed by atoms with van der Waals surface area (Å²) in [5.74, 6) is -0.942. The first-order chi connectivity index (χ1) is 12.4. The van der Waals surface area contributed by atoms with Crippen molar-refractivity contribution in [1.82, 2.24) is 5.32 Å². The van der Waals surface area contributed by atoms with Gasteiger partial charge in [-0.3, -0.25) is 4.79 Å². The second-order valence-electron chi connectivity index (χ2n) is 6.39. The number of thioether (sulfide) groups is 1. The van der Waals surface area contributed by atoms with E-state index in [0.29, 0.717) is 11.8 Å². The summed E-state index contributed by atoms with van der Waals surface area (Å²) >= 11 is 1.53. The molecule has 6 heteroatoms. The molecule has 0 radical (unpaired) electrons. The number of amides is 1. The number of aliphatic hydroxyl groups excluding tert-OH is 1. The van der Waals surface area contributed by atoms with Crippen molar-refractivity contribution in [1.29, 1.82) is 0 Å². The minimum Gasteiger partial charge on any atom is -0.386 e. The lowest BCUT2D eigenvalue weighted by atomic mass is 10.1. The van der Waals surface area contributed by atoms with Crippen LogP contribution in [0.5, 0.6) is 0 Å². The molecular formula is C20H23F2NO2S. The maximum Gasteiger partial charge on any atom is 0.233 e. The van der Waals surface area contributed by atoms with Crippen LogP contribution >= 0.6 is 11.8 Å². The van der Waals surface area contributed by atoms with Crippen LogP contribution in [0, 0.1) is 17.6 Å². The minimum atomic E-state index is -1.23. The lowest BCUT2D eigenvalue weighted by molar-refractivity contribution is -0.121. The largest absolute Gasteiger partial charge is 0.386 e. The lowest BCUT2D eigenvalue weighted by Gasteiger charge is -2.21. The van der Waals surface area contributed by atoms with Crippen molar-refractivity contribution in [2.45, 2.75) is 31.0 Å². The molecule has 0 bridgehead atoms. The van der Waals surface area contributed by atoms with Gasteiger partial charge < -0.3 is 10.4 Å². The zero-order valence-corrected chi connectivity index (χ0v) is 15.6. The van der Waals surface area contributed by atoms with Crippen LogP contribution in [0.1, 0.15) is 31.1 Å². The van der Waals surface area contributed by atoms with E-state index < -0.39 is 17.7 Å². The van der Waals surface area contributed by atoms with Gasteiger partial charge in [-0.15, -0.1) is 11.8 Å². The first-order valence-corrected chi connectivity index (χ1v) is 9.49. The molecule has 0 aliphatic heterocycles. The topological polar surface area (TPSA) is 49.3 Å². The molecular weight excluding hydrogens is 356 g/mol. The van der Waals surface area contributed by atoms with E-state index in [0.717, 1.165) is 11.6 Å². The third-order valence-corrected chi connectivity index (χ3v) is 5.54. The summed E-state index contributed by atoms with van der Waals surface area (Å²) in [6.45, 7) is 3.78. The fourth-order valence-corrected chi connectivity index (χ4v) is 3.69. The Morgan fingerprint density at radius 2 is 1.85 bits per heavy atom. The van der Waals surface area contributed by atoms with E-state index >= 15 is 0 Å². The van der Waals surface area contributed by atoms with Crippen LogP contribution < -0.4 is 5.32 Å². The number of benzene rings is 2. The third-order valence-electron chi connectivity index (χ3n) is 3.93. The van der Waals surface area contributed by atoms with Gasteiger partial charge in [0.25, 0.3) is 0 Å². The number of nitrogens with one attached hydrogen (secondary N) is 1. The highest BCUT2D eigenvalue weighted by atomic mass is 32.2. The van der Waals surface area contributed by atoms with E-state index in [-0.39, 0.29) is 29.2 Å². The van der Waals surface area contributed by atoms with Gasteiger partial charge in [0, 0.05) is 23.9 Å². The summed E-state index contributed by atoms with van der Waals surface area (Å²) in [4.78, 5) is 12.5. The summed E-state index contributed by atoms with van der Waals surface area (Å²) in [6.07, 6.45) is -1.23. The molecule has 0 aromatic heterocycles. The molecule has 140 valence electrons. The fraction of sp³-hybridized carbons (Fsp3) is 0.350. The van der Waals surface area contributed by atoms with Crippen LogP contribution in [-0.2, 0) is 10.5 Å². The van der Waals surface area contributed by atoms with Crippen molar-refractivity contribution in [2.75, 3.05) is 6.54 Å². The highest BCUT2D eigenvalue weighted by molar-refractivity contribution is 7.99. The molecule has 1 amide bonds. The molecule has 0 aliphatic carbocycles. The van der Waals surface area contributed by atoms with Gasteiger partial charge >= 0.3 is 0 Å². The van der Waals surface area contributed by atoms with Gasteiger partial charge in [-0.2, -0.15) is 0 Å². The van der Waals surface area contributed by atoms with Gasteiger partial charge in [0.05, 0.1) is 11.4 Å². The lowest BCUT2D eigenvalue weighted by Crippen LogP contribution is -2.38. The van der Waals surface area contributed by atoms with E-state index in [2.05, 4.69) is 5.32 Å². The molecule has 26 heavy (non-hydrogen) atoms. The van der Waals surface area contributed by atoms with E-state index in [1.165, 1.54) is 17.8 Å². The molecule has 2 aromatic carbocycles. The number of hydrogen-bond donors (Lipinski definition) is 2. The molecule has 0 spiro atoms. The van der Waals surface area contributed by atoms with Crippen molar-refractivity contribution < 1.29 is 18.7 Å². The maximum absolute atomic E-state index is 13.7. The molecule has 2 rings (SSSR count).